The van der Waals surface area contributed by atoms with Gasteiger partial charge in [0.15, 0.2) is 0 Å². The highest BCUT2D eigenvalue weighted by Crippen LogP contribution is 2.27. The van der Waals surface area contributed by atoms with E-state index < -0.39 is 0 Å². The fourth-order valence-electron chi connectivity index (χ4n) is 1.60. The van der Waals surface area contributed by atoms with Gasteiger partial charge >= 0.3 is 0 Å². The SMILES string of the molecule is O=C(NCC1CC1)C1CCCN1. The van der Waals surface area contributed by atoms with Crippen molar-refractivity contribution in [2.75, 3.05) is 13.1 Å². The van der Waals surface area contributed by atoms with Crippen LogP contribution in [0.25, 0.3) is 0 Å². The Hall–Kier alpha value is -0.570. The third kappa shape index (κ3) is 1.97. The summed E-state index contributed by atoms with van der Waals surface area (Å²) in [5.74, 6) is 0.995. The molecule has 1 heterocycles. The molecule has 1 aliphatic carbocycles. The summed E-state index contributed by atoms with van der Waals surface area (Å²) in [6.45, 7) is 1.90. The number of carbonyl (C=O) groups is 1. The lowest BCUT2D eigenvalue weighted by atomic mass is 10.2. The molecule has 0 spiro atoms. The van der Waals surface area contributed by atoms with Crippen molar-refractivity contribution < 1.29 is 4.79 Å². The maximum Gasteiger partial charge on any atom is 0.237 e. The molecule has 3 nitrogen and oxygen atoms in total. The molecule has 2 N–H and O–H groups in total. The molecule has 12 heavy (non-hydrogen) atoms. The van der Waals surface area contributed by atoms with Crippen molar-refractivity contribution >= 4 is 5.91 Å². The molecule has 0 bridgehead atoms. The molecule has 1 amide bonds. The molecule has 2 fully saturated rings. The Labute approximate surface area is 72.9 Å². The van der Waals surface area contributed by atoms with E-state index in [4.69, 9.17) is 0 Å². The van der Waals surface area contributed by atoms with E-state index >= 15 is 0 Å². The third-order valence-electron chi connectivity index (χ3n) is 2.64. The maximum absolute atomic E-state index is 11.4. The van der Waals surface area contributed by atoms with E-state index in [1.165, 1.54) is 12.8 Å². The average Bonchev–Trinajstić information content (AvgIpc) is 2.74. The van der Waals surface area contributed by atoms with Crippen LogP contribution in [0.15, 0.2) is 0 Å². The highest BCUT2D eigenvalue weighted by molar-refractivity contribution is 5.81. The number of carbonyl (C=O) groups excluding carboxylic acids is 1. The van der Waals surface area contributed by atoms with Gasteiger partial charge in [-0.15, -0.1) is 0 Å². The summed E-state index contributed by atoms with van der Waals surface area (Å²) in [5.41, 5.74) is 0. The van der Waals surface area contributed by atoms with E-state index in [0.717, 1.165) is 31.8 Å². The topological polar surface area (TPSA) is 41.1 Å². The molecule has 0 aromatic rings. The molecule has 0 aromatic heterocycles. The molecule has 2 aliphatic rings. The summed E-state index contributed by atoms with van der Waals surface area (Å²) in [6, 6.07) is 0.101. The van der Waals surface area contributed by atoms with Gasteiger partial charge in [-0.05, 0) is 38.1 Å². The summed E-state index contributed by atoms with van der Waals surface area (Å²) in [6.07, 6.45) is 4.76. The smallest absolute Gasteiger partial charge is 0.237 e. The minimum atomic E-state index is 0.101. The average molecular weight is 168 g/mol. The van der Waals surface area contributed by atoms with Gasteiger partial charge in [0.05, 0.1) is 6.04 Å². The van der Waals surface area contributed by atoms with E-state index in [9.17, 15) is 4.79 Å². The number of nitrogens with one attached hydrogen (secondary N) is 2. The number of hydrogen-bond donors (Lipinski definition) is 2. The van der Waals surface area contributed by atoms with Crippen molar-refractivity contribution in [1.82, 2.24) is 10.6 Å². The lowest BCUT2D eigenvalue weighted by molar-refractivity contribution is -0.122. The molecule has 1 saturated heterocycles. The number of hydrogen-bond acceptors (Lipinski definition) is 2. The molecule has 1 atom stereocenters. The maximum atomic E-state index is 11.4. The van der Waals surface area contributed by atoms with Crippen molar-refractivity contribution in [2.45, 2.75) is 31.7 Å². The molecule has 1 saturated carbocycles. The normalized spacial score (nSPS) is 28.8. The fraction of sp³-hybridized carbons (Fsp3) is 0.889. The zero-order valence-corrected chi connectivity index (χ0v) is 7.31. The van der Waals surface area contributed by atoms with Gasteiger partial charge in [0.1, 0.15) is 0 Å². The van der Waals surface area contributed by atoms with E-state index in [1.54, 1.807) is 0 Å². The van der Waals surface area contributed by atoms with Crippen molar-refractivity contribution in [1.29, 1.82) is 0 Å². The van der Waals surface area contributed by atoms with Gasteiger partial charge in [0, 0.05) is 6.54 Å². The van der Waals surface area contributed by atoms with Crippen LogP contribution in [0.3, 0.4) is 0 Å². The van der Waals surface area contributed by atoms with Crippen LogP contribution in [-0.2, 0) is 4.79 Å². The van der Waals surface area contributed by atoms with Crippen LogP contribution in [0.5, 0.6) is 0 Å². The zero-order chi connectivity index (χ0) is 8.39. The number of rotatable bonds is 3. The zero-order valence-electron chi connectivity index (χ0n) is 7.31. The van der Waals surface area contributed by atoms with Crippen molar-refractivity contribution in [3.05, 3.63) is 0 Å². The Kier molecular flexibility index (Phi) is 2.30. The molecule has 0 radical (unpaired) electrons. The Morgan fingerprint density at radius 3 is 2.83 bits per heavy atom. The van der Waals surface area contributed by atoms with Crippen LogP contribution >= 0.6 is 0 Å². The fourth-order valence-corrected chi connectivity index (χ4v) is 1.60. The van der Waals surface area contributed by atoms with E-state index in [1.807, 2.05) is 0 Å². The highest BCUT2D eigenvalue weighted by atomic mass is 16.2. The largest absolute Gasteiger partial charge is 0.354 e. The molecule has 68 valence electrons. The third-order valence-corrected chi connectivity index (χ3v) is 2.64. The van der Waals surface area contributed by atoms with Gasteiger partial charge in [-0.3, -0.25) is 4.79 Å². The highest BCUT2D eigenvalue weighted by Gasteiger charge is 2.25. The van der Waals surface area contributed by atoms with Gasteiger partial charge in [-0.25, -0.2) is 0 Å². The molecule has 2 rings (SSSR count). The molecule has 1 unspecified atom stereocenters. The van der Waals surface area contributed by atoms with Crippen LogP contribution < -0.4 is 10.6 Å². The first-order valence-electron chi connectivity index (χ1n) is 4.87. The molecular formula is C9H16N2O. The lowest BCUT2D eigenvalue weighted by Crippen LogP contribution is -2.41. The van der Waals surface area contributed by atoms with Gasteiger partial charge in [0.25, 0.3) is 0 Å². The second-order valence-electron chi connectivity index (χ2n) is 3.84. The Bertz CT molecular complexity index is 171. The van der Waals surface area contributed by atoms with E-state index in [-0.39, 0.29) is 11.9 Å². The van der Waals surface area contributed by atoms with Crippen molar-refractivity contribution in [3.63, 3.8) is 0 Å². The summed E-state index contributed by atoms with van der Waals surface area (Å²) in [7, 11) is 0. The van der Waals surface area contributed by atoms with Crippen LogP contribution in [0.4, 0.5) is 0 Å². The van der Waals surface area contributed by atoms with Crippen molar-refractivity contribution in [3.8, 4) is 0 Å². The lowest BCUT2D eigenvalue weighted by Gasteiger charge is -2.09. The monoisotopic (exact) mass is 168 g/mol. The van der Waals surface area contributed by atoms with E-state index in [2.05, 4.69) is 10.6 Å². The Morgan fingerprint density at radius 1 is 1.42 bits per heavy atom. The predicted molar refractivity (Wildman–Crippen MR) is 46.8 cm³/mol. The Morgan fingerprint density at radius 2 is 2.25 bits per heavy atom. The summed E-state index contributed by atoms with van der Waals surface area (Å²) in [5, 5.41) is 6.17. The second kappa shape index (κ2) is 3.44. The number of amides is 1. The minimum absolute atomic E-state index is 0.101. The summed E-state index contributed by atoms with van der Waals surface area (Å²) < 4.78 is 0. The first-order valence-corrected chi connectivity index (χ1v) is 4.87. The van der Waals surface area contributed by atoms with Gasteiger partial charge in [-0.1, -0.05) is 0 Å². The van der Waals surface area contributed by atoms with Crippen LogP contribution in [0.1, 0.15) is 25.7 Å². The van der Waals surface area contributed by atoms with E-state index in [0.29, 0.717) is 0 Å². The standard InChI is InChI=1S/C9H16N2O/c12-9(8-2-1-5-10-8)11-6-7-3-4-7/h7-8,10H,1-6H2,(H,11,12). The van der Waals surface area contributed by atoms with Crippen LogP contribution in [0.2, 0.25) is 0 Å². The summed E-state index contributed by atoms with van der Waals surface area (Å²) in [4.78, 5) is 11.4. The first-order chi connectivity index (χ1) is 5.86. The molecule has 1 aliphatic heterocycles. The van der Waals surface area contributed by atoms with Gasteiger partial charge in [0.2, 0.25) is 5.91 Å². The second-order valence-corrected chi connectivity index (χ2v) is 3.84. The first kappa shape index (κ1) is 8.05. The van der Waals surface area contributed by atoms with Crippen molar-refractivity contribution in [2.24, 2.45) is 5.92 Å². The Balaban J connectivity index is 1.67. The van der Waals surface area contributed by atoms with Crippen LogP contribution in [0, 0.1) is 5.92 Å². The molecule has 3 heteroatoms. The van der Waals surface area contributed by atoms with Gasteiger partial charge < -0.3 is 10.6 Å². The minimum Gasteiger partial charge on any atom is -0.354 e. The van der Waals surface area contributed by atoms with Crippen LogP contribution in [-0.4, -0.2) is 25.0 Å². The quantitative estimate of drug-likeness (QED) is 0.635. The molecule has 0 aromatic carbocycles. The molecular weight excluding hydrogens is 152 g/mol. The summed E-state index contributed by atoms with van der Waals surface area (Å²) >= 11 is 0. The predicted octanol–water partition coefficient (Wildman–Crippen LogP) is 0.265. The van der Waals surface area contributed by atoms with Gasteiger partial charge in [-0.2, -0.15) is 0 Å².